The predicted octanol–water partition coefficient (Wildman–Crippen LogP) is 2.96. The number of rotatable bonds is 2. The van der Waals surface area contributed by atoms with E-state index in [1.165, 1.54) is 4.21 Å². The zero-order chi connectivity index (χ0) is 14.9. The largest absolute Gasteiger partial charge is 0.340 e. The van der Waals surface area contributed by atoms with Crippen LogP contribution in [0.2, 0.25) is 0 Å². The number of piperazine rings is 1. The lowest BCUT2D eigenvalue weighted by Gasteiger charge is -2.36. The summed E-state index contributed by atoms with van der Waals surface area (Å²) < 4.78 is 3.62. The normalized spacial score (nSPS) is 17.6. The second-order valence-electron chi connectivity index (χ2n) is 6.17. The molecule has 1 aromatic rings. The van der Waals surface area contributed by atoms with E-state index in [1.807, 2.05) is 32.6 Å². The molecule has 6 heteroatoms. The van der Waals surface area contributed by atoms with Gasteiger partial charge in [-0.05, 0) is 25.8 Å². The second kappa shape index (κ2) is 6.03. The number of amides is 1. The van der Waals surface area contributed by atoms with E-state index < -0.39 is 0 Å². The summed E-state index contributed by atoms with van der Waals surface area (Å²) in [6, 6.07) is 0. The Morgan fingerprint density at radius 2 is 1.80 bits per heavy atom. The number of aromatic nitrogens is 1. The maximum Gasteiger partial charge on any atom is 0.228 e. The Labute approximate surface area is 129 Å². The monoisotopic (exact) mass is 313 g/mol. The van der Waals surface area contributed by atoms with E-state index in [1.54, 1.807) is 23.3 Å². The van der Waals surface area contributed by atoms with Gasteiger partial charge in [0.05, 0.1) is 14.9 Å². The maximum atomic E-state index is 12.2. The van der Waals surface area contributed by atoms with E-state index in [9.17, 15) is 4.79 Å². The minimum Gasteiger partial charge on any atom is -0.340 e. The molecular formula is C14H23N3OS2. The molecule has 112 valence electrons. The Morgan fingerprint density at radius 1 is 1.20 bits per heavy atom. The smallest absolute Gasteiger partial charge is 0.228 e. The first-order valence-electron chi connectivity index (χ1n) is 6.93. The molecule has 0 bridgehead atoms. The van der Waals surface area contributed by atoms with E-state index in [4.69, 9.17) is 0 Å². The van der Waals surface area contributed by atoms with Gasteiger partial charge in [0, 0.05) is 31.6 Å². The highest BCUT2D eigenvalue weighted by molar-refractivity contribution is 7.99. The molecule has 0 saturated carbocycles. The lowest BCUT2D eigenvalue weighted by molar-refractivity contribution is -0.140. The number of nitrogens with zero attached hydrogens (tertiary/aromatic N) is 3. The molecule has 2 rings (SSSR count). The van der Waals surface area contributed by atoms with E-state index >= 15 is 0 Å². The van der Waals surface area contributed by atoms with Crippen molar-refractivity contribution < 1.29 is 4.79 Å². The quantitative estimate of drug-likeness (QED) is 0.787. The molecular weight excluding hydrogens is 290 g/mol. The molecule has 0 unspecified atom stereocenters. The molecule has 0 spiro atoms. The van der Waals surface area contributed by atoms with E-state index in [0.717, 1.165) is 36.9 Å². The number of hydrogen-bond donors (Lipinski definition) is 0. The first-order valence-corrected chi connectivity index (χ1v) is 8.52. The van der Waals surface area contributed by atoms with E-state index in [-0.39, 0.29) is 11.3 Å². The van der Waals surface area contributed by atoms with Gasteiger partial charge >= 0.3 is 0 Å². The van der Waals surface area contributed by atoms with Crippen molar-refractivity contribution in [1.82, 2.24) is 14.2 Å². The van der Waals surface area contributed by atoms with Crippen molar-refractivity contribution in [1.29, 1.82) is 0 Å². The van der Waals surface area contributed by atoms with Gasteiger partial charge < -0.3 is 4.90 Å². The second-order valence-corrected chi connectivity index (χ2v) is 8.74. The average molecular weight is 313 g/mol. The number of carbonyl (C=O) groups excluding carboxylic acids is 1. The molecule has 0 aromatic carbocycles. The fraction of sp³-hybridized carbons (Fsp3) is 0.714. The molecule has 0 atom stereocenters. The van der Waals surface area contributed by atoms with Crippen LogP contribution in [0.25, 0.3) is 0 Å². The van der Waals surface area contributed by atoms with Crippen LogP contribution in [0.1, 0.15) is 31.5 Å². The summed E-state index contributed by atoms with van der Waals surface area (Å²) in [6.07, 6.45) is 0. The first kappa shape index (κ1) is 15.8. The zero-order valence-electron chi connectivity index (χ0n) is 12.9. The lowest BCUT2D eigenvalue weighted by atomic mass is 9.94. The number of aryl methyl sites for hydroxylation is 2. The SMILES string of the molecule is Cc1nc(C)c(SN2CCN(C(=O)C(C)(C)C)CC2)s1. The summed E-state index contributed by atoms with van der Waals surface area (Å²) in [5.41, 5.74) is 0.839. The first-order chi connectivity index (χ1) is 9.27. The van der Waals surface area contributed by atoms with Crippen LogP contribution >= 0.6 is 23.3 Å². The van der Waals surface area contributed by atoms with Gasteiger partial charge in [0.2, 0.25) is 5.91 Å². The van der Waals surface area contributed by atoms with Crippen LogP contribution in [-0.2, 0) is 4.79 Å². The lowest BCUT2D eigenvalue weighted by Crippen LogP contribution is -2.49. The molecule has 0 N–H and O–H groups in total. The van der Waals surface area contributed by atoms with Crippen molar-refractivity contribution in [3.8, 4) is 0 Å². The van der Waals surface area contributed by atoms with Gasteiger partial charge in [0.1, 0.15) is 0 Å². The number of thiazole rings is 1. The van der Waals surface area contributed by atoms with Crippen LogP contribution in [0.3, 0.4) is 0 Å². The fourth-order valence-corrected chi connectivity index (χ4v) is 4.40. The molecule has 0 radical (unpaired) electrons. The molecule has 20 heavy (non-hydrogen) atoms. The number of carbonyl (C=O) groups is 1. The third-order valence-electron chi connectivity index (χ3n) is 3.24. The van der Waals surface area contributed by atoms with Crippen LogP contribution in [0.15, 0.2) is 4.21 Å². The minimum atomic E-state index is -0.277. The van der Waals surface area contributed by atoms with Gasteiger partial charge in [0.25, 0.3) is 0 Å². The summed E-state index contributed by atoms with van der Waals surface area (Å²) in [5.74, 6) is 0.256. The Kier molecular flexibility index (Phi) is 4.76. The summed E-state index contributed by atoms with van der Waals surface area (Å²) >= 11 is 3.53. The van der Waals surface area contributed by atoms with Crippen molar-refractivity contribution >= 4 is 29.2 Å². The summed E-state index contributed by atoms with van der Waals surface area (Å²) in [4.78, 5) is 18.7. The standard InChI is InChI=1S/C14H23N3OS2/c1-10-12(19-11(2)15-10)20-17-8-6-16(7-9-17)13(18)14(3,4)5/h6-9H2,1-5H3. The third-order valence-corrected chi connectivity index (χ3v) is 5.67. The predicted molar refractivity (Wildman–Crippen MR) is 85.1 cm³/mol. The Bertz CT molecular complexity index is 485. The van der Waals surface area contributed by atoms with Gasteiger partial charge in [-0.15, -0.1) is 11.3 Å². The highest BCUT2D eigenvalue weighted by Crippen LogP contribution is 2.32. The topological polar surface area (TPSA) is 36.4 Å². The van der Waals surface area contributed by atoms with Crippen molar-refractivity contribution in [3.05, 3.63) is 10.7 Å². The van der Waals surface area contributed by atoms with Crippen LogP contribution in [-0.4, -0.2) is 46.3 Å². The summed E-state index contributed by atoms with van der Waals surface area (Å²) in [7, 11) is 0. The molecule has 4 nitrogen and oxygen atoms in total. The Hall–Kier alpha value is -0.590. The average Bonchev–Trinajstić information content (AvgIpc) is 2.67. The summed E-state index contributed by atoms with van der Waals surface area (Å²) in [6.45, 7) is 13.5. The maximum absolute atomic E-state index is 12.2. The molecule has 1 aliphatic heterocycles. The van der Waals surface area contributed by atoms with Crippen LogP contribution in [0, 0.1) is 19.3 Å². The van der Waals surface area contributed by atoms with Gasteiger partial charge in [-0.2, -0.15) is 0 Å². The molecule has 1 aromatic heterocycles. The Morgan fingerprint density at radius 3 is 2.25 bits per heavy atom. The van der Waals surface area contributed by atoms with E-state index in [2.05, 4.69) is 16.2 Å². The third kappa shape index (κ3) is 3.74. The molecule has 1 saturated heterocycles. The van der Waals surface area contributed by atoms with Gasteiger partial charge in [-0.3, -0.25) is 4.79 Å². The van der Waals surface area contributed by atoms with Crippen molar-refractivity contribution in [2.45, 2.75) is 38.8 Å². The highest BCUT2D eigenvalue weighted by Gasteiger charge is 2.30. The molecule has 2 heterocycles. The fourth-order valence-electron chi connectivity index (χ4n) is 2.17. The molecule has 1 amide bonds. The Balaban J connectivity index is 1.89. The zero-order valence-corrected chi connectivity index (χ0v) is 14.5. The van der Waals surface area contributed by atoms with Crippen molar-refractivity contribution in [3.63, 3.8) is 0 Å². The van der Waals surface area contributed by atoms with E-state index in [0.29, 0.717) is 0 Å². The van der Waals surface area contributed by atoms with Gasteiger partial charge in [-0.25, -0.2) is 9.29 Å². The van der Waals surface area contributed by atoms with Crippen molar-refractivity contribution in [2.75, 3.05) is 26.2 Å². The van der Waals surface area contributed by atoms with Crippen LogP contribution in [0.4, 0.5) is 0 Å². The number of hydrogen-bond acceptors (Lipinski definition) is 5. The summed E-state index contributed by atoms with van der Waals surface area (Å²) in [5, 5.41) is 1.12. The molecule has 1 aliphatic rings. The highest BCUT2D eigenvalue weighted by atomic mass is 32.2. The van der Waals surface area contributed by atoms with Crippen LogP contribution < -0.4 is 0 Å². The van der Waals surface area contributed by atoms with Crippen molar-refractivity contribution in [2.24, 2.45) is 5.41 Å². The van der Waals surface area contributed by atoms with Crippen LogP contribution in [0.5, 0.6) is 0 Å². The van der Waals surface area contributed by atoms with Gasteiger partial charge in [-0.1, -0.05) is 20.8 Å². The molecule has 0 aliphatic carbocycles. The van der Waals surface area contributed by atoms with Gasteiger partial charge in [0.15, 0.2) is 0 Å². The molecule has 1 fully saturated rings. The minimum absolute atomic E-state index is 0.256.